The molecule has 0 fully saturated rings. The summed E-state index contributed by atoms with van der Waals surface area (Å²) < 4.78 is 10.2. The quantitative estimate of drug-likeness (QED) is 0.567. The largest absolute Gasteiger partial charge is 0.508 e. The molecular formula is C21H24N2O4. The van der Waals surface area contributed by atoms with Gasteiger partial charge in [-0.15, -0.1) is 0 Å². The van der Waals surface area contributed by atoms with Gasteiger partial charge in [-0.05, 0) is 55.0 Å². The average molecular weight is 368 g/mol. The maximum absolute atomic E-state index is 10.0. The van der Waals surface area contributed by atoms with Crippen LogP contribution < -0.4 is 9.47 Å². The number of benzene rings is 2. The fourth-order valence-electron chi connectivity index (χ4n) is 2.96. The van der Waals surface area contributed by atoms with Crippen LogP contribution in [0.2, 0.25) is 0 Å². The number of aryl methyl sites for hydroxylation is 4. The maximum Gasteiger partial charge on any atom is 0.122 e. The second kappa shape index (κ2) is 8.49. The van der Waals surface area contributed by atoms with Gasteiger partial charge in [-0.1, -0.05) is 12.1 Å². The zero-order valence-electron chi connectivity index (χ0n) is 15.5. The molecule has 0 aliphatic heterocycles. The molecule has 0 radical (unpaired) electrons. The predicted octanol–water partition coefficient (Wildman–Crippen LogP) is 3.41. The van der Waals surface area contributed by atoms with Crippen molar-refractivity contribution >= 4 is 0 Å². The van der Waals surface area contributed by atoms with Gasteiger partial charge in [0.15, 0.2) is 0 Å². The van der Waals surface area contributed by atoms with Crippen molar-refractivity contribution in [3.05, 3.63) is 65.0 Å². The molecule has 27 heavy (non-hydrogen) atoms. The lowest BCUT2D eigenvalue weighted by Gasteiger charge is -2.06. The van der Waals surface area contributed by atoms with Gasteiger partial charge in [-0.25, -0.2) is 0 Å². The number of phenolic OH excluding ortho intramolecular Hbond substituents is 2. The summed E-state index contributed by atoms with van der Waals surface area (Å²) in [6.45, 7) is 0. The van der Waals surface area contributed by atoms with E-state index in [0.717, 1.165) is 35.4 Å². The van der Waals surface area contributed by atoms with Gasteiger partial charge in [0.1, 0.15) is 23.0 Å². The van der Waals surface area contributed by atoms with E-state index in [0.29, 0.717) is 24.3 Å². The van der Waals surface area contributed by atoms with Gasteiger partial charge in [0.2, 0.25) is 0 Å². The van der Waals surface area contributed by atoms with Gasteiger partial charge in [0.05, 0.1) is 19.9 Å². The van der Waals surface area contributed by atoms with Crippen molar-refractivity contribution in [2.24, 2.45) is 0 Å². The highest BCUT2D eigenvalue weighted by Gasteiger charge is 2.08. The van der Waals surface area contributed by atoms with E-state index >= 15 is 0 Å². The van der Waals surface area contributed by atoms with E-state index < -0.39 is 0 Å². The zero-order valence-corrected chi connectivity index (χ0v) is 15.5. The molecule has 3 N–H and O–H groups in total. The summed E-state index contributed by atoms with van der Waals surface area (Å²) in [6, 6.07) is 12.7. The molecule has 3 rings (SSSR count). The summed E-state index contributed by atoms with van der Waals surface area (Å²) in [7, 11) is 3.15. The molecule has 0 atom stereocenters. The van der Waals surface area contributed by atoms with Crippen LogP contribution in [0.4, 0.5) is 0 Å². The molecule has 3 aromatic rings. The Labute approximate surface area is 158 Å². The van der Waals surface area contributed by atoms with Crippen molar-refractivity contribution in [1.29, 1.82) is 0 Å². The summed E-state index contributed by atoms with van der Waals surface area (Å²) in [4.78, 5) is 0. The second-order valence-electron chi connectivity index (χ2n) is 6.37. The molecular weight excluding hydrogens is 344 g/mol. The van der Waals surface area contributed by atoms with Gasteiger partial charge in [0.25, 0.3) is 0 Å². The van der Waals surface area contributed by atoms with Gasteiger partial charge in [-0.2, -0.15) is 5.10 Å². The predicted molar refractivity (Wildman–Crippen MR) is 103 cm³/mol. The minimum atomic E-state index is 0.236. The van der Waals surface area contributed by atoms with Crippen LogP contribution in [0.25, 0.3) is 0 Å². The standard InChI is InChI=1S/C21H24N2O4/c1-26-18-9-5-14(20(24)12-18)3-7-16-11-17(23-22-16)8-4-15-6-10-19(27-2)13-21(15)25/h5-6,9-13,24-25H,3-4,7-8H2,1-2H3,(H,22,23). The van der Waals surface area contributed by atoms with Crippen LogP contribution in [0, 0.1) is 0 Å². The molecule has 6 nitrogen and oxygen atoms in total. The first-order valence-corrected chi connectivity index (χ1v) is 8.84. The Bertz CT molecular complexity index is 833. The number of nitrogens with one attached hydrogen (secondary N) is 1. The Hall–Kier alpha value is -3.15. The molecule has 0 saturated heterocycles. The number of phenols is 2. The lowest BCUT2D eigenvalue weighted by molar-refractivity contribution is 0.406. The number of ether oxygens (including phenoxy) is 2. The first kappa shape index (κ1) is 18.6. The molecule has 0 saturated carbocycles. The minimum absolute atomic E-state index is 0.236. The lowest BCUT2D eigenvalue weighted by atomic mass is 10.0. The molecule has 0 bridgehead atoms. The normalized spacial score (nSPS) is 10.7. The summed E-state index contributed by atoms with van der Waals surface area (Å²) in [5, 5.41) is 27.5. The molecule has 0 aliphatic carbocycles. The van der Waals surface area contributed by atoms with Crippen LogP contribution in [-0.4, -0.2) is 34.6 Å². The van der Waals surface area contributed by atoms with Crippen molar-refractivity contribution < 1.29 is 19.7 Å². The maximum atomic E-state index is 10.0. The van der Waals surface area contributed by atoms with E-state index in [1.165, 1.54) is 0 Å². The Balaban J connectivity index is 1.55. The smallest absolute Gasteiger partial charge is 0.122 e. The summed E-state index contributed by atoms with van der Waals surface area (Å²) >= 11 is 0. The Morgan fingerprint density at radius 3 is 1.85 bits per heavy atom. The fraction of sp³-hybridized carbons (Fsp3) is 0.286. The monoisotopic (exact) mass is 368 g/mol. The van der Waals surface area contributed by atoms with Crippen molar-refractivity contribution in [2.75, 3.05) is 14.2 Å². The number of aromatic hydroxyl groups is 2. The van der Waals surface area contributed by atoms with Crippen LogP contribution in [0.1, 0.15) is 22.5 Å². The molecule has 0 unspecified atom stereocenters. The first-order valence-electron chi connectivity index (χ1n) is 8.84. The second-order valence-corrected chi connectivity index (χ2v) is 6.37. The number of aromatic amines is 1. The topological polar surface area (TPSA) is 87.6 Å². The third-order valence-electron chi connectivity index (χ3n) is 4.58. The van der Waals surface area contributed by atoms with Crippen molar-refractivity contribution in [3.63, 3.8) is 0 Å². The van der Waals surface area contributed by atoms with E-state index in [4.69, 9.17) is 9.47 Å². The minimum Gasteiger partial charge on any atom is -0.508 e. The third-order valence-corrected chi connectivity index (χ3v) is 4.58. The number of H-pyrrole nitrogens is 1. The third kappa shape index (κ3) is 4.73. The number of nitrogens with zero attached hydrogens (tertiary/aromatic N) is 1. The summed E-state index contributed by atoms with van der Waals surface area (Å²) in [6.07, 6.45) is 2.88. The summed E-state index contributed by atoms with van der Waals surface area (Å²) in [5.74, 6) is 1.76. The molecule has 0 spiro atoms. The van der Waals surface area contributed by atoms with Crippen LogP contribution in [-0.2, 0) is 25.7 Å². The first-order chi connectivity index (χ1) is 13.1. The summed E-state index contributed by atoms with van der Waals surface area (Å²) in [5.41, 5.74) is 3.69. The van der Waals surface area contributed by atoms with Crippen molar-refractivity contribution in [3.8, 4) is 23.0 Å². The number of hydrogen-bond donors (Lipinski definition) is 3. The molecule has 0 amide bonds. The number of hydrogen-bond acceptors (Lipinski definition) is 5. The van der Waals surface area contributed by atoms with Crippen LogP contribution >= 0.6 is 0 Å². The van der Waals surface area contributed by atoms with Gasteiger partial charge in [-0.3, -0.25) is 5.10 Å². The molecule has 2 aromatic carbocycles. The van der Waals surface area contributed by atoms with E-state index in [1.807, 2.05) is 30.3 Å². The van der Waals surface area contributed by atoms with Crippen LogP contribution in [0.15, 0.2) is 42.5 Å². The highest BCUT2D eigenvalue weighted by Crippen LogP contribution is 2.26. The molecule has 0 aliphatic rings. The van der Waals surface area contributed by atoms with Crippen molar-refractivity contribution in [2.45, 2.75) is 25.7 Å². The van der Waals surface area contributed by atoms with E-state index in [2.05, 4.69) is 10.2 Å². The molecule has 1 aromatic heterocycles. The number of aromatic nitrogens is 2. The number of rotatable bonds is 8. The van der Waals surface area contributed by atoms with Gasteiger partial charge < -0.3 is 19.7 Å². The van der Waals surface area contributed by atoms with E-state index in [-0.39, 0.29) is 11.5 Å². The Morgan fingerprint density at radius 2 is 1.33 bits per heavy atom. The lowest BCUT2D eigenvalue weighted by Crippen LogP contribution is -1.93. The van der Waals surface area contributed by atoms with E-state index in [9.17, 15) is 10.2 Å². The molecule has 1 heterocycles. The number of methoxy groups -OCH3 is 2. The zero-order chi connectivity index (χ0) is 19.2. The van der Waals surface area contributed by atoms with E-state index in [1.54, 1.807) is 26.4 Å². The Kier molecular flexibility index (Phi) is 5.86. The fourth-order valence-corrected chi connectivity index (χ4v) is 2.96. The molecule has 6 heteroatoms. The highest BCUT2D eigenvalue weighted by molar-refractivity contribution is 5.41. The average Bonchev–Trinajstić information content (AvgIpc) is 3.13. The van der Waals surface area contributed by atoms with Crippen molar-refractivity contribution in [1.82, 2.24) is 10.2 Å². The van der Waals surface area contributed by atoms with Crippen LogP contribution in [0.5, 0.6) is 23.0 Å². The molecule has 142 valence electrons. The van der Waals surface area contributed by atoms with Gasteiger partial charge in [0, 0.05) is 17.8 Å². The SMILES string of the molecule is COc1ccc(CCc2cc(CCc3ccc(OC)cc3O)[nH]n2)c(O)c1. The highest BCUT2D eigenvalue weighted by atomic mass is 16.5. The van der Waals surface area contributed by atoms with Crippen LogP contribution in [0.3, 0.4) is 0 Å². The Morgan fingerprint density at radius 1 is 0.778 bits per heavy atom. The van der Waals surface area contributed by atoms with Gasteiger partial charge >= 0.3 is 0 Å².